The Morgan fingerprint density at radius 3 is 2.79 bits per heavy atom. The maximum Gasteiger partial charge on any atom is 0.223 e. The fraction of sp³-hybridized carbons (Fsp3) is 0.900. The number of hydrogen-bond donors (Lipinski definition) is 2. The average molecular weight is 214 g/mol. The van der Waals surface area contributed by atoms with Crippen LogP contribution in [0.3, 0.4) is 0 Å². The summed E-state index contributed by atoms with van der Waals surface area (Å²) in [7, 11) is 0. The highest BCUT2D eigenvalue weighted by atomic mass is 32.2. The Balaban J connectivity index is 1.48. The summed E-state index contributed by atoms with van der Waals surface area (Å²) < 4.78 is 0. The van der Waals surface area contributed by atoms with Gasteiger partial charge in [0.2, 0.25) is 5.91 Å². The van der Waals surface area contributed by atoms with Gasteiger partial charge in [-0.1, -0.05) is 0 Å². The van der Waals surface area contributed by atoms with E-state index in [2.05, 4.69) is 10.6 Å². The highest BCUT2D eigenvalue weighted by Crippen LogP contribution is 2.28. The van der Waals surface area contributed by atoms with Crippen LogP contribution in [0.2, 0.25) is 0 Å². The summed E-state index contributed by atoms with van der Waals surface area (Å²) in [6, 6.07) is 0.679. The van der Waals surface area contributed by atoms with Crippen molar-refractivity contribution in [3.05, 3.63) is 0 Å². The van der Waals surface area contributed by atoms with Gasteiger partial charge in [0.15, 0.2) is 0 Å². The van der Waals surface area contributed by atoms with Crippen LogP contribution in [-0.2, 0) is 4.79 Å². The summed E-state index contributed by atoms with van der Waals surface area (Å²) in [4.78, 5) is 11.3. The molecule has 1 aliphatic carbocycles. The SMILES string of the molecule is O=C(NCCNC1CCSC1)C1CC1. The van der Waals surface area contributed by atoms with Gasteiger partial charge in [-0.05, 0) is 25.0 Å². The van der Waals surface area contributed by atoms with E-state index in [0.717, 1.165) is 25.9 Å². The van der Waals surface area contributed by atoms with Crippen molar-refractivity contribution in [2.24, 2.45) is 5.92 Å². The van der Waals surface area contributed by atoms with Gasteiger partial charge < -0.3 is 10.6 Å². The van der Waals surface area contributed by atoms with Crippen LogP contribution in [0.1, 0.15) is 19.3 Å². The van der Waals surface area contributed by atoms with Crippen LogP contribution >= 0.6 is 11.8 Å². The Morgan fingerprint density at radius 2 is 2.14 bits per heavy atom. The molecule has 0 radical (unpaired) electrons. The predicted octanol–water partition coefficient (Wildman–Crippen LogP) is 0.608. The molecule has 2 fully saturated rings. The second kappa shape index (κ2) is 5.03. The second-order valence-corrected chi connectivity index (χ2v) is 5.23. The number of carbonyl (C=O) groups is 1. The van der Waals surface area contributed by atoms with Crippen LogP contribution in [0.4, 0.5) is 0 Å². The van der Waals surface area contributed by atoms with Crippen LogP contribution in [0.15, 0.2) is 0 Å². The fourth-order valence-electron chi connectivity index (χ4n) is 1.65. The number of carbonyl (C=O) groups excluding carboxylic acids is 1. The minimum Gasteiger partial charge on any atom is -0.355 e. The largest absolute Gasteiger partial charge is 0.355 e. The summed E-state index contributed by atoms with van der Waals surface area (Å²) in [6.45, 7) is 1.71. The Morgan fingerprint density at radius 1 is 1.29 bits per heavy atom. The lowest BCUT2D eigenvalue weighted by atomic mass is 10.2. The smallest absolute Gasteiger partial charge is 0.223 e. The van der Waals surface area contributed by atoms with Crippen molar-refractivity contribution in [3.8, 4) is 0 Å². The summed E-state index contributed by atoms with van der Waals surface area (Å²) in [5, 5.41) is 6.42. The van der Waals surface area contributed by atoms with E-state index in [1.54, 1.807) is 0 Å². The average Bonchev–Trinajstić information content (AvgIpc) is 2.92. The molecular formula is C10H18N2OS. The van der Waals surface area contributed by atoms with Crippen LogP contribution in [-0.4, -0.2) is 36.5 Å². The van der Waals surface area contributed by atoms with Crippen LogP contribution in [0.5, 0.6) is 0 Å². The van der Waals surface area contributed by atoms with Crippen molar-refractivity contribution in [2.45, 2.75) is 25.3 Å². The summed E-state index contributed by atoms with van der Waals surface area (Å²) in [5.41, 5.74) is 0. The Kier molecular flexibility index (Phi) is 3.70. The summed E-state index contributed by atoms with van der Waals surface area (Å²) in [6.07, 6.45) is 3.47. The number of rotatable bonds is 5. The van der Waals surface area contributed by atoms with E-state index in [4.69, 9.17) is 0 Å². The van der Waals surface area contributed by atoms with E-state index in [9.17, 15) is 4.79 Å². The minimum atomic E-state index is 0.257. The van der Waals surface area contributed by atoms with Gasteiger partial charge in [0, 0.05) is 30.8 Å². The minimum absolute atomic E-state index is 0.257. The molecule has 80 valence electrons. The van der Waals surface area contributed by atoms with Crippen molar-refractivity contribution in [2.75, 3.05) is 24.6 Å². The van der Waals surface area contributed by atoms with Crippen LogP contribution < -0.4 is 10.6 Å². The van der Waals surface area contributed by atoms with Crippen LogP contribution in [0, 0.1) is 5.92 Å². The molecule has 2 N–H and O–H groups in total. The van der Waals surface area contributed by atoms with Crippen molar-refractivity contribution < 1.29 is 4.79 Å². The van der Waals surface area contributed by atoms with Gasteiger partial charge in [-0.2, -0.15) is 11.8 Å². The molecule has 2 rings (SSSR count). The lowest BCUT2D eigenvalue weighted by Crippen LogP contribution is -2.37. The van der Waals surface area contributed by atoms with E-state index in [-0.39, 0.29) is 5.91 Å². The van der Waals surface area contributed by atoms with Crippen molar-refractivity contribution in [1.82, 2.24) is 10.6 Å². The summed E-state index contributed by atoms with van der Waals surface area (Å²) >= 11 is 2.01. The molecule has 1 unspecified atom stereocenters. The van der Waals surface area contributed by atoms with E-state index < -0.39 is 0 Å². The third-order valence-electron chi connectivity index (χ3n) is 2.74. The van der Waals surface area contributed by atoms with E-state index in [1.807, 2.05) is 11.8 Å². The molecule has 14 heavy (non-hydrogen) atoms. The molecule has 4 heteroatoms. The number of amides is 1. The molecule has 3 nitrogen and oxygen atoms in total. The third-order valence-corrected chi connectivity index (χ3v) is 3.90. The normalized spacial score (nSPS) is 26.4. The molecule has 1 saturated carbocycles. The van der Waals surface area contributed by atoms with E-state index >= 15 is 0 Å². The monoisotopic (exact) mass is 214 g/mol. The third kappa shape index (κ3) is 3.17. The first-order valence-electron chi connectivity index (χ1n) is 5.45. The molecule has 0 aromatic heterocycles. The highest BCUT2D eigenvalue weighted by molar-refractivity contribution is 7.99. The van der Waals surface area contributed by atoms with E-state index in [1.165, 1.54) is 17.9 Å². The molecular weight excluding hydrogens is 196 g/mol. The first kappa shape index (κ1) is 10.3. The van der Waals surface area contributed by atoms with Gasteiger partial charge in [0.1, 0.15) is 0 Å². The number of thioether (sulfide) groups is 1. The van der Waals surface area contributed by atoms with Crippen molar-refractivity contribution in [1.29, 1.82) is 0 Å². The van der Waals surface area contributed by atoms with Gasteiger partial charge in [0.25, 0.3) is 0 Å². The van der Waals surface area contributed by atoms with Crippen LogP contribution in [0.25, 0.3) is 0 Å². The molecule has 1 atom stereocenters. The van der Waals surface area contributed by atoms with Crippen molar-refractivity contribution >= 4 is 17.7 Å². The Hall–Kier alpha value is -0.220. The van der Waals surface area contributed by atoms with E-state index in [0.29, 0.717) is 12.0 Å². The zero-order valence-corrected chi connectivity index (χ0v) is 9.24. The topological polar surface area (TPSA) is 41.1 Å². The lowest BCUT2D eigenvalue weighted by molar-refractivity contribution is -0.122. The number of nitrogens with one attached hydrogen (secondary N) is 2. The van der Waals surface area contributed by atoms with Gasteiger partial charge >= 0.3 is 0 Å². The number of hydrogen-bond acceptors (Lipinski definition) is 3. The van der Waals surface area contributed by atoms with Crippen molar-refractivity contribution in [3.63, 3.8) is 0 Å². The first-order chi connectivity index (χ1) is 6.86. The van der Waals surface area contributed by atoms with Gasteiger partial charge in [-0.15, -0.1) is 0 Å². The standard InChI is InChI=1S/C10H18N2OS/c13-10(8-1-2-8)12-5-4-11-9-3-6-14-7-9/h8-9,11H,1-7H2,(H,12,13). The second-order valence-electron chi connectivity index (χ2n) is 4.08. The molecule has 0 bridgehead atoms. The lowest BCUT2D eigenvalue weighted by Gasteiger charge is -2.11. The van der Waals surface area contributed by atoms with Gasteiger partial charge in [0.05, 0.1) is 0 Å². The Bertz CT molecular complexity index is 200. The maximum atomic E-state index is 11.3. The Labute approximate surface area is 89.4 Å². The molecule has 1 aliphatic heterocycles. The fourth-order valence-corrected chi connectivity index (χ4v) is 2.83. The molecule has 0 spiro atoms. The summed E-state index contributed by atoms with van der Waals surface area (Å²) in [5.74, 6) is 3.12. The quantitative estimate of drug-likeness (QED) is 0.659. The zero-order chi connectivity index (χ0) is 9.80. The maximum absolute atomic E-state index is 11.3. The molecule has 1 heterocycles. The molecule has 1 saturated heterocycles. The van der Waals surface area contributed by atoms with Gasteiger partial charge in [-0.3, -0.25) is 4.79 Å². The first-order valence-corrected chi connectivity index (χ1v) is 6.60. The van der Waals surface area contributed by atoms with Gasteiger partial charge in [-0.25, -0.2) is 0 Å². The molecule has 0 aromatic rings. The molecule has 1 amide bonds. The molecule has 2 aliphatic rings. The molecule has 0 aromatic carbocycles. The highest BCUT2D eigenvalue weighted by Gasteiger charge is 2.29. The predicted molar refractivity (Wildman–Crippen MR) is 59.5 cm³/mol. The zero-order valence-electron chi connectivity index (χ0n) is 8.42.